The Bertz CT molecular complexity index is 267. The summed E-state index contributed by atoms with van der Waals surface area (Å²) in [4.78, 5) is 11.6. The molecule has 0 spiro atoms. The fraction of sp³-hybridized carbons (Fsp3) is 0.375. The van der Waals surface area contributed by atoms with E-state index in [0.717, 1.165) is 4.88 Å². The van der Waals surface area contributed by atoms with E-state index >= 15 is 0 Å². The molecule has 0 atom stereocenters. The monoisotopic (exact) mass is 186 g/mol. The van der Waals surface area contributed by atoms with Crippen LogP contribution in [0, 0.1) is 0 Å². The van der Waals surface area contributed by atoms with E-state index in [4.69, 9.17) is 0 Å². The van der Waals surface area contributed by atoms with E-state index in [2.05, 4.69) is 4.74 Å². The summed E-state index contributed by atoms with van der Waals surface area (Å²) in [7, 11) is 1.36. The van der Waals surface area contributed by atoms with Crippen LogP contribution in [-0.2, 0) is 16.0 Å². The molecule has 1 N–H and O–H groups in total. The van der Waals surface area contributed by atoms with Crippen LogP contribution >= 0.6 is 11.3 Å². The van der Waals surface area contributed by atoms with Gasteiger partial charge in [-0.05, 0) is 17.9 Å². The predicted molar refractivity (Wildman–Crippen MR) is 46.3 cm³/mol. The fourth-order valence-corrected chi connectivity index (χ4v) is 1.61. The Labute approximate surface area is 74.6 Å². The minimum absolute atomic E-state index is 0.247. The molecule has 0 saturated heterocycles. The van der Waals surface area contributed by atoms with Crippen molar-refractivity contribution in [2.75, 3.05) is 7.11 Å². The average Bonchev–Trinajstić information content (AvgIpc) is 2.47. The summed E-state index contributed by atoms with van der Waals surface area (Å²) in [5.41, 5.74) is 0. The molecule has 4 heteroatoms. The minimum atomic E-state index is -0.247. The van der Waals surface area contributed by atoms with Gasteiger partial charge < -0.3 is 9.84 Å². The molecule has 0 saturated carbocycles. The normalized spacial score (nSPS) is 9.75. The molecule has 0 aromatic carbocycles. The third-order valence-electron chi connectivity index (χ3n) is 1.51. The van der Waals surface area contributed by atoms with E-state index in [-0.39, 0.29) is 11.7 Å². The molecule has 0 amide bonds. The van der Waals surface area contributed by atoms with Gasteiger partial charge in [-0.3, -0.25) is 4.79 Å². The summed E-state index contributed by atoms with van der Waals surface area (Å²) < 4.78 is 4.47. The summed E-state index contributed by atoms with van der Waals surface area (Å²) in [6, 6.07) is 1.62. The first-order chi connectivity index (χ1) is 5.74. The number of methoxy groups -OCH3 is 1. The maximum absolute atomic E-state index is 10.7. The van der Waals surface area contributed by atoms with Gasteiger partial charge >= 0.3 is 5.97 Å². The second-order valence-electron chi connectivity index (χ2n) is 2.31. The number of aryl methyl sites for hydroxylation is 1. The fourth-order valence-electron chi connectivity index (χ4n) is 0.839. The second kappa shape index (κ2) is 4.11. The van der Waals surface area contributed by atoms with Gasteiger partial charge in [-0.2, -0.15) is 0 Å². The molecule has 0 aliphatic rings. The summed E-state index contributed by atoms with van der Waals surface area (Å²) >= 11 is 1.44. The molecule has 0 fully saturated rings. The van der Waals surface area contributed by atoms with Crippen LogP contribution in [0.5, 0.6) is 5.75 Å². The van der Waals surface area contributed by atoms with Crippen molar-refractivity contribution in [1.82, 2.24) is 0 Å². The molecule has 12 heavy (non-hydrogen) atoms. The Hall–Kier alpha value is -1.03. The van der Waals surface area contributed by atoms with Gasteiger partial charge in [-0.15, -0.1) is 11.3 Å². The van der Waals surface area contributed by atoms with E-state index in [0.29, 0.717) is 12.8 Å². The molecular weight excluding hydrogens is 176 g/mol. The molecule has 1 heterocycles. The van der Waals surface area contributed by atoms with Crippen molar-refractivity contribution in [2.24, 2.45) is 0 Å². The summed E-state index contributed by atoms with van der Waals surface area (Å²) in [6.45, 7) is 0. The van der Waals surface area contributed by atoms with E-state index < -0.39 is 0 Å². The van der Waals surface area contributed by atoms with Gasteiger partial charge in [0.2, 0.25) is 0 Å². The topological polar surface area (TPSA) is 46.5 Å². The smallest absolute Gasteiger partial charge is 0.305 e. The molecule has 0 aliphatic heterocycles. The molecule has 1 aromatic rings. The van der Waals surface area contributed by atoms with Crippen molar-refractivity contribution in [2.45, 2.75) is 12.8 Å². The standard InChI is InChI=1S/C8H10O3S/c1-11-8(10)3-2-7-6(9)4-5-12-7/h4-5,9H,2-3H2,1H3. The van der Waals surface area contributed by atoms with Gasteiger partial charge in [0.1, 0.15) is 5.75 Å². The van der Waals surface area contributed by atoms with Crippen molar-refractivity contribution < 1.29 is 14.6 Å². The molecule has 0 radical (unpaired) electrons. The number of esters is 1. The van der Waals surface area contributed by atoms with Gasteiger partial charge in [-0.1, -0.05) is 0 Å². The lowest BCUT2D eigenvalue weighted by atomic mass is 10.2. The first kappa shape index (κ1) is 9.06. The Balaban J connectivity index is 2.43. The Morgan fingerprint density at radius 2 is 2.50 bits per heavy atom. The molecular formula is C8H10O3S. The quantitative estimate of drug-likeness (QED) is 0.729. The predicted octanol–water partition coefficient (Wildman–Crippen LogP) is 1.56. The molecule has 66 valence electrons. The number of ether oxygens (including phenoxy) is 1. The number of thiophene rings is 1. The van der Waals surface area contributed by atoms with Crippen molar-refractivity contribution in [3.05, 3.63) is 16.3 Å². The summed E-state index contributed by atoms with van der Waals surface area (Å²) in [5, 5.41) is 11.0. The SMILES string of the molecule is COC(=O)CCc1sccc1O. The lowest BCUT2D eigenvalue weighted by molar-refractivity contribution is -0.140. The van der Waals surface area contributed by atoms with E-state index in [1.165, 1.54) is 18.4 Å². The molecule has 1 rings (SSSR count). The van der Waals surface area contributed by atoms with Gasteiger partial charge in [0.05, 0.1) is 13.5 Å². The second-order valence-corrected chi connectivity index (χ2v) is 3.31. The summed E-state index contributed by atoms with van der Waals surface area (Å²) in [6.07, 6.45) is 0.876. The highest BCUT2D eigenvalue weighted by molar-refractivity contribution is 7.10. The number of rotatable bonds is 3. The van der Waals surface area contributed by atoms with E-state index in [1.807, 2.05) is 0 Å². The summed E-state index contributed by atoms with van der Waals surface area (Å²) in [5.74, 6) is 0.0201. The lowest BCUT2D eigenvalue weighted by Gasteiger charge is -1.97. The zero-order valence-electron chi connectivity index (χ0n) is 6.74. The third-order valence-corrected chi connectivity index (χ3v) is 2.48. The average molecular weight is 186 g/mol. The van der Waals surface area contributed by atoms with Crippen molar-refractivity contribution in [3.8, 4) is 5.75 Å². The van der Waals surface area contributed by atoms with Crippen molar-refractivity contribution in [3.63, 3.8) is 0 Å². The van der Waals surface area contributed by atoms with Crippen LogP contribution in [0.4, 0.5) is 0 Å². The van der Waals surface area contributed by atoms with Crippen LogP contribution in [0.15, 0.2) is 11.4 Å². The number of aromatic hydroxyl groups is 1. The van der Waals surface area contributed by atoms with Crippen LogP contribution in [0.3, 0.4) is 0 Å². The lowest BCUT2D eigenvalue weighted by Crippen LogP contribution is -2.00. The van der Waals surface area contributed by atoms with Gasteiger partial charge in [0.25, 0.3) is 0 Å². The Kier molecular flexibility index (Phi) is 3.10. The molecule has 0 aliphatic carbocycles. The van der Waals surface area contributed by atoms with Crippen LogP contribution in [0.2, 0.25) is 0 Å². The zero-order chi connectivity index (χ0) is 8.97. The maximum atomic E-state index is 10.7. The van der Waals surface area contributed by atoms with Crippen molar-refractivity contribution in [1.29, 1.82) is 0 Å². The largest absolute Gasteiger partial charge is 0.507 e. The van der Waals surface area contributed by atoms with E-state index in [1.54, 1.807) is 11.4 Å². The number of hydrogen-bond acceptors (Lipinski definition) is 4. The van der Waals surface area contributed by atoms with Crippen molar-refractivity contribution >= 4 is 17.3 Å². The minimum Gasteiger partial charge on any atom is -0.507 e. The van der Waals surface area contributed by atoms with Gasteiger partial charge in [0, 0.05) is 4.88 Å². The highest BCUT2D eigenvalue weighted by Gasteiger charge is 2.05. The third kappa shape index (κ3) is 2.23. The zero-order valence-corrected chi connectivity index (χ0v) is 7.56. The maximum Gasteiger partial charge on any atom is 0.305 e. The van der Waals surface area contributed by atoms with Crippen LogP contribution < -0.4 is 0 Å². The molecule has 0 unspecified atom stereocenters. The van der Waals surface area contributed by atoms with E-state index in [9.17, 15) is 9.90 Å². The number of carbonyl (C=O) groups excluding carboxylic acids is 1. The number of hydrogen-bond donors (Lipinski definition) is 1. The van der Waals surface area contributed by atoms with Gasteiger partial charge in [0.15, 0.2) is 0 Å². The first-order valence-electron chi connectivity index (χ1n) is 3.56. The Morgan fingerprint density at radius 1 is 1.75 bits per heavy atom. The molecule has 3 nitrogen and oxygen atoms in total. The first-order valence-corrected chi connectivity index (χ1v) is 4.44. The van der Waals surface area contributed by atoms with Crippen LogP contribution in [0.25, 0.3) is 0 Å². The molecule has 1 aromatic heterocycles. The van der Waals surface area contributed by atoms with Gasteiger partial charge in [-0.25, -0.2) is 0 Å². The number of carbonyl (C=O) groups is 1. The van der Waals surface area contributed by atoms with Crippen LogP contribution in [-0.4, -0.2) is 18.2 Å². The highest BCUT2D eigenvalue weighted by Crippen LogP contribution is 2.24. The molecule has 0 bridgehead atoms. The Morgan fingerprint density at radius 3 is 3.00 bits per heavy atom. The van der Waals surface area contributed by atoms with Crippen LogP contribution in [0.1, 0.15) is 11.3 Å². The highest BCUT2D eigenvalue weighted by atomic mass is 32.1.